The lowest BCUT2D eigenvalue weighted by Gasteiger charge is -1.93. The molecule has 0 aliphatic rings. The highest BCUT2D eigenvalue weighted by molar-refractivity contribution is 5.82. The number of aliphatic hydroxyl groups is 2. The smallest absolute Gasteiger partial charge is 0.136 e. The number of aliphatic hydroxyl groups excluding tert-OH is 2. The van der Waals surface area contributed by atoms with E-state index in [2.05, 4.69) is 0 Å². The molecule has 13 heavy (non-hydrogen) atoms. The summed E-state index contributed by atoms with van der Waals surface area (Å²) in [6.45, 7) is -0.280. The third-order valence-electron chi connectivity index (χ3n) is 2.08. The summed E-state index contributed by atoms with van der Waals surface area (Å²) in [5.41, 5.74) is 1.38. The molecule has 0 saturated heterocycles. The second kappa shape index (κ2) is 3.20. The standard InChI is InChI=1S/C10H10O3/c11-5-8-7-3-1-2-4-9(7)13-10(8)6-12/h1-4,11-12H,5-6H2. The molecule has 0 fully saturated rings. The van der Waals surface area contributed by atoms with Crippen LogP contribution in [0, 0.1) is 0 Å². The normalized spacial score (nSPS) is 10.9. The first-order chi connectivity index (χ1) is 6.36. The first kappa shape index (κ1) is 8.29. The third kappa shape index (κ3) is 1.22. The first-order valence-electron chi connectivity index (χ1n) is 4.08. The molecular weight excluding hydrogens is 168 g/mol. The van der Waals surface area contributed by atoms with Gasteiger partial charge in [0.1, 0.15) is 18.0 Å². The zero-order valence-corrected chi connectivity index (χ0v) is 7.03. The van der Waals surface area contributed by atoms with Crippen molar-refractivity contribution in [1.82, 2.24) is 0 Å². The van der Waals surface area contributed by atoms with Crippen molar-refractivity contribution in [3.05, 3.63) is 35.6 Å². The van der Waals surface area contributed by atoms with Crippen LogP contribution < -0.4 is 0 Å². The molecule has 2 aromatic rings. The molecule has 0 spiro atoms. The Morgan fingerprint density at radius 2 is 1.85 bits per heavy atom. The number of furan rings is 1. The van der Waals surface area contributed by atoms with Gasteiger partial charge in [0.2, 0.25) is 0 Å². The summed E-state index contributed by atoms with van der Waals surface area (Å²) in [5.74, 6) is 0.448. The van der Waals surface area contributed by atoms with E-state index in [1.165, 1.54) is 0 Å². The third-order valence-corrected chi connectivity index (χ3v) is 2.08. The summed E-state index contributed by atoms with van der Waals surface area (Å²) in [4.78, 5) is 0. The number of hydrogen-bond donors (Lipinski definition) is 2. The van der Waals surface area contributed by atoms with Crippen molar-refractivity contribution in [1.29, 1.82) is 0 Å². The van der Waals surface area contributed by atoms with Crippen molar-refractivity contribution >= 4 is 11.0 Å². The number of rotatable bonds is 2. The second-order valence-electron chi connectivity index (χ2n) is 2.82. The van der Waals surface area contributed by atoms with Gasteiger partial charge >= 0.3 is 0 Å². The maximum atomic E-state index is 9.07. The first-order valence-corrected chi connectivity index (χ1v) is 4.08. The molecule has 2 rings (SSSR count). The highest BCUT2D eigenvalue weighted by Gasteiger charge is 2.10. The van der Waals surface area contributed by atoms with Crippen LogP contribution in [0.3, 0.4) is 0 Å². The summed E-state index contributed by atoms with van der Waals surface area (Å²) in [5, 5.41) is 18.9. The predicted octanol–water partition coefficient (Wildman–Crippen LogP) is 1.42. The van der Waals surface area contributed by atoms with Crippen molar-refractivity contribution in [3.63, 3.8) is 0 Å². The minimum absolute atomic E-state index is 0.104. The monoisotopic (exact) mass is 178 g/mol. The van der Waals surface area contributed by atoms with Gasteiger partial charge in [0.25, 0.3) is 0 Å². The van der Waals surface area contributed by atoms with Crippen LogP contribution in [0.5, 0.6) is 0 Å². The van der Waals surface area contributed by atoms with Gasteiger partial charge in [-0.3, -0.25) is 0 Å². The lowest BCUT2D eigenvalue weighted by Crippen LogP contribution is -1.87. The van der Waals surface area contributed by atoms with Gasteiger partial charge in [-0.15, -0.1) is 0 Å². The largest absolute Gasteiger partial charge is 0.458 e. The fourth-order valence-corrected chi connectivity index (χ4v) is 1.45. The molecule has 0 atom stereocenters. The van der Waals surface area contributed by atoms with Crippen molar-refractivity contribution in [2.45, 2.75) is 13.2 Å². The van der Waals surface area contributed by atoms with Crippen LogP contribution in [0.15, 0.2) is 28.7 Å². The number of benzene rings is 1. The SMILES string of the molecule is OCc1oc2ccccc2c1CO. The number of para-hydroxylation sites is 1. The predicted molar refractivity (Wildman–Crippen MR) is 48.1 cm³/mol. The molecule has 3 heteroatoms. The van der Waals surface area contributed by atoms with Gasteiger partial charge in [-0.25, -0.2) is 0 Å². The average Bonchev–Trinajstić information content (AvgIpc) is 2.55. The van der Waals surface area contributed by atoms with Crippen LogP contribution in [-0.2, 0) is 13.2 Å². The summed E-state index contributed by atoms with van der Waals surface area (Å²) in [7, 11) is 0. The van der Waals surface area contributed by atoms with Gasteiger partial charge in [-0.05, 0) is 6.07 Å². The van der Waals surface area contributed by atoms with Gasteiger partial charge in [-0.2, -0.15) is 0 Å². The van der Waals surface area contributed by atoms with Gasteiger partial charge in [0.15, 0.2) is 0 Å². The molecule has 1 aromatic carbocycles. The fraction of sp³-hybridized carbons (Fsp3) is 0.200. The van der Waals surface area contributed by atoms with Gasteiger partial charge in [0.05, 0.1) is 6.61 Å². The zero-order valence-electron chi connectivity index (χ0n) is 7.03. The van der Waals surface area contributed by atoms with E-state index in [0.717, 1.165) is 5.39 Å². The second-order valence-corrected chi connectivity index (χ2v) is 2.82. The van der Waals surface area contributed by atoms with E-state index in [4.69, 9.17) is 14.6 Å². The zero-order chi connectivity index (χ0) is 9.26. The lowest BCUT2D eigenvalue weighted by atomic mass is 10.1. The topological polar surface area (TPSA) is 53.6 Å². The highest BCUT2D eigenvalue weighted by Crippen LogP contribution is 2.25. The lowest BCUT2D eigenvalue weighted by molar-refractivity contribution is 0.236. The molecule has 0 bridgehead atoms. The molecule has 68 valence electrons. The van der Waals surface area contributed by atoms with E-state index in [0.29, 0.717) is 16.9 Å². The number of fused-ring (bicyclic) bond motifs is 1. The summed E-state index contributed by atoms with van der Waals surface area (Å²) >= 11 is 0. The molecule has 0 aliphatic heterocycles. The van der Waals surface area contributed by atoms with Crippen molar-refractivity contribution in [2.24, 2.45) is 0 Å². The Morgan fingerprint density at radius 3 is 2.54 bits per heavy atom. The van der Waals surface area contributed by atoms with Crippen molar-refractivity contribution < 1.29 is 14.6 Å². The van der Waals surface area contributed by atoms with Crippen LogP contribution in [-0.4, -0.2) is 10.2 Å². The molecule has 0 aliphatic carbocycles. The molecule has 1 heterocycles. The molecule has 1 aromatic heterocycles. The Bertz CT molecular complexity index is 417. The van der Waals surface area contributed by atoms with Crippen LogP contribution in [0.1, 0.15) is 11.3 Å². The summed E-state index contributed by atoms with van der Waals surface area (Å²) in [6, 6.07) is 7.41. The van der Waals surface area contributed by atoms with Crippen LogP contribution in [0.4, 0.5) is 0 Å². The minimum Gasteiger partial charge on any atom is -0.458 e. The van der Waals surface area contributed by atoms with E-state index in [1.54, 1.807) is 0 Å². The molecule has 0 radical (unpaired) electrons. The van der Waals surface area contributed by atoms with E-state index < -0.39 is 0 Å². The van der Waals surface area contributed by atoms with Crippen LogP contribution in [0.2, 0.25) is 0 Å². The number of hydrogen-bond acceptors (Lipinski definition) is 3. The van der Waals surface area contributed by atoms with Crippen LogP contribution in [0.25, 0.3) is 11.0 Å². The van der Waals surface area contributed by atoms with E-state index in [9.17, 15) is 0 Å². The molecule has 3 nitrogen and oxygen atoms in total. The molecular formula is C10H10O3. The molecule has 2 N–H and O–H groups in total. The highest BCUT2D eigenvalue weighted by atomic mass is 16.4. The van der Waals surface area contributed by atoms with E-state index >= 15 is 0 Å². The van der Waals surface area contributed by atoms with Gasteiger partial charge in [-0.1, -0.05) is 18.2 Å². The average molecular weight is 178 g/mol. The van der Waals surface area contributed by atoms with Crippen molar-refractivity contribution in [2.75, 3.05) is 0 Å². The maximum absolute atomic E-state index is 9.07. The Hall–Kier alpha value is -1.32. The summed E-state index contributed by atoms with van der Waals surface area (Å²) < 4.78 is 5.33. The molecule has 0 unspecified atom stereocenters. The molecule has 0 amide bonds. The minimum atomic E-state index is -0.176. The van der Waals surface area contributed by atoms with Gasteiger partial charge in [0, 0.05) is 10.9 Å². The van der Waals surface area contributed by atoms with E-state index in [1.807, 2.05) is 24.3 Å². The quantitative estimate of drug-likeness (QED) is 0.731. The van der Waals surface area contributed by atoms with E-state index in [-0.39, 0.29) is 13.2 Å². The van der Waals surface area contributed by atoms with Crippen LogP contribution >= 0.6 is 0 Å². The Labute approximate surface area is 75.2 Å². The maximum Gasteiger partial charge on any atom is 0.136 e. The Balaban J connectivity index is 2.73. The molecule has 0 saturated carbocycles. The Morgan fingerprint density at radius 1 is 1.08 bits per heavy atom. The van der Waals surface area contributed by atoms with Gasteiger partial charge < -0.3 is 14.6 Å². The summed E-state index contributed by atoms with van der Waals surface area (Å²) in [6.07, 6.45) is 0. The Kier molecular flexibility index (Phi) is 2.04. The fourth-order valence-electron chi connectivity index (χ4n) is 1.45. The van der Waals surface area contributed by atoms with Crippen molar-refractivity contribution in [3.8, 4) is 0 Å².